The van der Waals surface area contributed by atoms with Gasteiger partial charge in [-0.2, -0.15) is 5.10 Å². The molecule has 1 unspecified atom stereocenters. The van der Waals surface area contributed by atoms with Gasteiger partial charge in [0.25, 0.3) is 5.91 Å². The Kier molecular flexibility index (Phi) is 4.03. The Morgan fingerprint density at radius 1 is 1.19 bits per heavy atom. The smallest absolute Gasteiger partial charge is 0.257 e. The first-order chi connectivity index (χ1) is 12.6. The Bertz CT molecular complexity index is 951. The van der Waals surface area contributed by atoms with Crippen LogP contribution in [-0.2, 0) is 7.05 Å². The fraction of sp³-hybridized carbons (Fsp3) is 0.300. The van der Waals surface area contributed by atoms with E-state index in [1.807, 2.05) is 57.3 Å². The Labute approximate surface area is 152 Å². The summed E-state index contributed by atoms with van der Waals surface area (Å²) in [5, 5.41) is 7.48. The summed E-state index contributed by atoms with van der Waals surface area (Å²) in [7, 11) is 1.86. The number of nitrogens with one attached hydrogen (secondary N) is 1. The molecule has 1 atom stereocenters. The number of aromatic nitrogens is 3. The monoisotopic (exact) mass is 350 g/mol. The fourth-order valence-corrected chi connectivity index (χ4v) is 3.59. The number of hydrogen-bond donors (Lipinski definition) is 1. The average Bonchev–Trinajstić information content (AvgIpc) is 3.17. The zero-order valence-electron chi connectivity index (χ0n) is 15.2. The molecule has 1 aliphatic rings. The molecule has 6 nitrogen and oxygen atoms in total. The molecule has 0 saturated heterocycles. The molecular formula is C20H22N4O2. The Hall–Kier alpha value is -3.02. The number of benzene rings is 1. The number of nitrogens with zero attached hydrogens (tertiary/aromatic N) is 3. The van der Waals surface area contributed by atoms with Gasteiger partial charge < -0.3 is 14.6 Å². The average molecular weight is 350 g/mol. The van der Waals surface area contributed by atoms with E-state index in [1.165, 1.54) is 0 Å². The maximum atomic E-state index is 13.1. The van der Waals surface area contributed by atoms with E-state index in [0.717, 1.165) is 34.9 Å². The first-order valence-electron chi connectivity index (χ1n) is 8.76. The number of carbonyl (C=O) groups excluding carboxylic acids is 1. The van der Waals surface area contributed by atoms with Crippen LogP contribution in [-0.4, -0.2) is 26.9 Å². The van der Waals surface area contributed by atoms with E-state index in [0.29, 0.717) is 12.2 Å². The van der Waals surface area contributed by atoms with E-state index in [1.54, 1.807) is 10.9 Å². The fourth-order valence-electron chi connectivity index (χ4n) is 3.59. The van der Waals surface area contributed by atoms with Crippen molar-refractivity contribution in [1.82, 2.24) is 19.7 Å². The Morgan fingerprint density at radius 2 is 1.92 bits per heavy atom. The van der Waals surface area contributed by atoms with E-state index in [4.69, 9.17) is 4.74 Å². The lowest BCUT2D eigenvalue weighted by molar-refractivity contribution is 0.0924. The summed E-state index contributed by atoms with van der Waals surface area (Å²) >= 11 is 0. The summed E-state index contributed by atoms with van der Waals surface area (Å²) in [4.78, 5) is 13.1. The summed E-state index contributed by atoms with van der Waals surface area (Å²) in [6.45, 7) is 4.64. The lowest BCUT2D eigenvalue weighted by atomic mass is 10.0. The Balaban J connectivity index is 1.67. The highest BCUT2D eigenvalue weighted by Gasteiger charge is 2.26. The van der Waals surface area contributed by atoms with Gasteiger partial charge in [-0.15, -0.1) is 0 Å². The van der Waals surface area contributed by atoms with E-state index in [-0.39, 0.29) is 11.9 Å². The van der Waals surface area contributed by atoms with E-state index in [2.05, 4.69) is 15.0 Å². The van der Waals surface area contributed by atoms with Crippen LogP contribution < -0.4 is 10.1 Å². The predicted octanol–water partition coefficient (Wildman–Crippen LogP) is 3.08. The maximum absolute atomic E-state index is 13.1. The van der Waals surface area contributed by atoms with Gasteiger partial charge in [-0.1, -0.05) is 18.2 Å². The number of carbonyl (C=O) groups is 1. The molecule has 1 aliphatic heterocycles. The van der Waals surface area contributed by atoms with E-state index >= 15 is 0 Å². The van der Waals surface area contributed by atoms with Gasteiger partial charge in [0.05, 0.1) is 18.8 Å². The summed E-state index contributed by atoms with van der Waals surface area (Å²) in [6, 6.07) is 11.9. The van der Waals surface area contributed by atoms with E-state index < -0.39 is 0 Å². The number of rotatable bonds is 3. The molecule has 0 saturated carbocycles. The van der Waals surface area contributed by atoms with Crippen LogP contribution in [0.15, 0.2) is 42.6 Å². The molecule has 0 bridgehead atoms. The van der Waals surface area contributed by atoms with Crippen molar-refractivity contribution < 1.29 is 9.53 Å². The highest BCUT2D eigenvalue weighted by molar-refractivity contribution is 5.97. The number of ether oxygens (including phenoxy) is 1. The molecule has 3 aromatic rings. The molecule has 2 aromatic heterocycles. The van der Waals surface area contributed by atoms with Crippen molar-refractivity contribution in [3.8, 4) is 11.6 Å². The van der Waals surface area contributed by atoms with Gasteiger partial charge in [-0.05, 0) is 32.0 Å². The first kappa shape index (κ1) is 16.4. The molecule has 6 heteroatoms. The number of para-hydroxylation sites is 1. The molecule has 4 rings (SSSR count). The van der Waals surface area contributed by atoms with Gasteiger partial charge >= 0.3 is 0 Å². The molecule has 1 aromatic carbocycles. The highest BCUT2D eigenvalue weighted by atomic mass is 16.5. The molecule has 3 heterocycles. The summed E-state index contributed by atoms with van der Waals surface area (Å²) in [5.74, 6) is 1.50. The zero-order chi connectivity index (χ0) is 18.3. The predicted molar refractivity (Wildman–Crippen MR) is 98.8 cm³/mol. The normalized spacial score (nSPS) is 16.0. The van der Waals surface area contributed by atoms with Gasteiger partial charge in [0.1, 0.15) is 17.1 Å². The Morgan fingerprint density at radius 3 is 2.69 bits per heavy atom. The minimum atomic E-state index is -0.123. The van der Waals surface area contributed by atoms with Crippen LogP contribution >= 0.6 is 0 Å². The molecule has 0 fully saturated rings. The van der Waals surface area contributed by atoms with Crippen molar-refractivity contribution in [2.45, 2.75) is 26.3 Å². The minimum Gasteiger partial charge on any atom is -0.493 e. The quantitative estimate of drug-likeness (QED) is 0.790. The van der Waals surface area contributed by atoms with Crippen molar-refractivity contribution in [3.63, 3.8) is 0 Å². The van der Waals surface area contributed by atoms with Crippen molar-refractivity contribution >= 4 is 5.91 Å². The minimum absolute atomic E-state index is 0.0626. The molecule has 134 valence electrons. The molecular weight excluding hydrogens is 328 g/mol. The summed E-state index contributed by atoms with van der Waals surface area (Å²) in [6.07, 6.45) is 2.38. The van der Waals surface area contributed by atoms with Crippen molar-refractivity contribution in [1.29, 1.82) is 0 Å². The summed E-state index contributed by atoms with van der Waals surface area (Å²) in [5.41, 5.74) is 3.72. The number of fused-ring (bicyclic) bond motifs is 1. The molecule has 26 heavy (non-hydrogen) atoms. The van der Waals surface area contributed by atoms with Gasteiger partial charge in [-0.3, -0.25) is 9.48 Å². The molecule has 0 radical (unpaired) electrons. The van der Waals surface area contributed by atoms with Crippen molar-refractivity contribution in [2.75, 3.05) is 6.61 Å². The number of amides is 1. The standard InChI is InChI=1S/C20H22N4O2/c1-13-8-9-14(2)24(13)20-16(12-21-23(20)3)19(25)22-17-10-11-26-18-7-5-4-6-15(17)18/h4-9,12,17H,10-11H2,1-3H3,(H,22,25). The largest absolute Gasteiger partial charge is 0.493 e. The third-order valence-electron chi connectivity index (χ3n) is 4.90. The second-order valence-electron chi connectivity index (χ2n) is 6.66. The lowest BCUT2D eigenvalue weighted by Gasteiger charge is -2.26. The third-order valence-corrected chi connectivity index (χ3v) is 4.90. The van der Waals surface area contributed by atoms with Gasteiger partial charge in [0.2, 0.25) is 0 Å². The van der Waals surface area contributed by atoms with Crippen LogP contribution in [0.25, 0.3) is 5.82 Å². The number of hydrogen-bond acceptors (Lipinski definition) is 3. The van der Waals surface area contributed by atoms with Gasteiger partial charge in [-0.25, -0.2) is 0 Å². The second-order valence-corrected chi connectivity index (χ2v) is 6.66. The maximum Gasteiger partial charge on any atom is 0.257 e. The SMILES string of the molecule is Cc1ccc(C)n1-c1c(C(=O)NC2CCOc3ccccc32)cnn1C. The van der Waals surface area contributed by atoms with Crippen LogP contribution in [0, 0.1) is 13.8 Å². The highest BCUT2D eigenvalue weighted by Crippen LogP contribution is 2.32. The third kappa shape index (κ3) is 2.67. The van der Waals surface area contributed by atoms with E-state index in [9.17, 15) is 4.79 Å². The lowest BCUT2D eigenvalue weighted by Crippen LogP contribution is -2.32. The van der Waals surface area contributed by atoms with Crippen molar-refractivity contribution in [2.24, 2.45) is 7.05 Å². The van der Waals surface area contributed by atoms with Crippen LogP contribution in [0.4, 0.5) is 0 Å². The molecule has 0 spiro atoms. The van der Waals surface area contributed by atoms with Crippen LogP contribution in [0.3, 0.4) is 0 Å². The topological polar surface area (TPSA) is 61.1 Å². The summed E-state index contributed by atoms with van der Waals surface area (Å²) < 4.78 is 9.49. The number of aryl methyl sites for hydroxylation is 3. The molecule has 1 N–H and O–H groups in total. The zero-order valence-corrected chi connectivity index (χ0v) is 15.2. The van der Waals surface area contributed by atoms with Crippen molar-refractivity contribution in [3.05, 3.63) is 65.1 Å². The van der Waals surface area contributed by atoms with Crippen LogP contribution in [0.2, 0.25) is 0 Å². The molecule has 1 amide bonds. The van der Waals surface area contributed by atoms with Crippen LogP contribution in [0.1, 0.15) is 39.8 Å². The second kappa shape index (κ2) is 6.37. The van der Waals surface area contributed by atoms with Gasteiger partial charge in [0.15, 0.2) is 0 Å². The van der Waals surface area contributed by atoms with Gasteiger partial charge in [0, 0.05) is 30.4 Å². The first-order valence-corrected chi connectivity index (χ1v) is 8.76. The van der Waals surface area contributed by atoms with Crippen LogP contribution in [0.5, 0.6) is 5.75 Å². The molecule has 0 aliphatic carbocycles.